The van der Waals surface area contributed by atoms with Gasteiger partial charge in [-0.15, -0.1) is 0 Å². The number of anilines is 1. The number of nitrogens with one attached hydrogen (secondary N) is 2. The number of amides is 1. The second kappa shape index (κ2) is 7.26. The molecule has 1 aliphatic heterocycles. The molecular formula is C18H20N2O3. The van der Waals surface area contributed by atoms with Gasteiger partial charge in [0.1, 0.15) is 12.4 Å². The average molecular weight is 312 g/mol. The van der Waals surface area contributed by atoms with E-state index in [1.807, 2.05) is 54.6 Å². The summed E-state index contributed by atoms with van der Waals surface area (Å²) in [6, 6.07) is 16.9. The molecule has 3 N–H and O–H groups in total. The van der Waals surface area contributed by atoms with Crippen molar-refractivity contribution in [2.24, 2.45) is 0 Å². The predicted octanol–water partition coefficient (Wildman–Crippen LogP) is 1.93. The molecular weight excluding hydrogens is 292 g/mol. The summed E-state index contributed by atoms with van der Waals surface area (Å²) in [5.74, 6) is 0.626. The van der Waals surface area contributed by atoms with Crippen molar-refractivity contribution in [1.29, 1.82) is 0 Å². The molecule has 0 radical (unpaired) electrons. The summed E-state index contributed by atoms with van der Waals surface area (Å²) in [6.45, 7) is 0.973. The average Bonchev–Trinajstić information content (AvgIpc) is 3.02. The van der Waals surface area contributed by atoms with Crippen LogP contribution in [-0.2, 0) is 11.4 Å². The van der Waals surface area contributed by atoms with Crippen molar-refractivity contribution in [2.75, 3.05) is 11.9 Å². The number of hydrogen-bond acceptors (Lipinski definition) is 4. The van der Waals surface area contributed by atoms with E-state index in [0.717, 1.165) is 11.3 Å². The summed E-state index contributed by atoms with van der Waals surface area (Å²) in [5.41, 5.74) is 1.82. The van der Waals surface area contributed by atoms with Gasteiger partial charge in [0.2, 0.25) is 5.91 Å². The third-order valence-corrected chi connectivity index (χ3v) is 3.79. The molecule has 1 heterocycles. The van der Waals surface area contributed by atoms with Crippen LogP contribution in [-0.4, -0.2) is 29.7 Å². The number of carbonyl (C=O) groups is 1. The van der Waals surface area contributed by atoms with Gasteiger partial charge in [0.15, 0.2) is 0 Å². The molecule has 2 atom stereocenters. The minimum Gasteiger partial charge on any atom is -0.489 e. The van der Waals surface area contributed by atoms with Crippen molar-refractivity contribution in [2.45, 2.75) is 25.2 Å². The van der Waals surface area contributed by atoms with Gasteiger partial charge < -0.3 is 20.5 Å². The Labute approximate surface area is 135 Å². The van der Waals surface area contributed by atoms with Crippen LogP contribution >= 0.6 is 0 Å². The first-order valence-electron chi connectivity index (χ1n) is 7.70. The number of aliphatic hydroxyl groups is 1. The zero-order valence-corrected chi connectivity index (χ0v) is 12.7. The number of benzene rings is 2. The number of rotatable bonds is 5. The zero-order valence-electron chi connectivity index (χ0n) is 12.7. The van der Waals surface area contributed by atoms with Gasteiger partial charge in [-0.05, 0) is 36.2 Å². The summed E-state index contributed by atoms with van der Waals surface area (Å²) in [5, 5.41) is 15.3. The molecule has 5 nitrogen and oxygen atoms in total. The molecule has 0 saturated carbocycles. The zero-order chi connectivity index (χ0) is 16.1. The number of carbonyl (C=O) groups excluding carboxylic acids is 1. The van der Waals surface area contributed by atoms with Crippen LogP contribution in [0.2, 0.25) is 0 Å². The lowest BCUT2D eigenvalue weighted by Gasteiger charge is -2.12. The van der Waals surface area contributed by atoms with Gasteiger partial charge in [0.25, 0.3) is 0 Å². The Hall–Kier alpha value is -2.37. The topological polar surface area (TPSA) is 70.6 Å². The lowest BCUT2D eigenvalue weighted by molar-refractivity contribution is -0.117. The fourth-order valence-electron chi connectivity index (χ4n) is 2.52. The molecule has 2 aromatic carbocycles. The van der Waals surface area contributed by atoms with Gasteiger partial charge in [-0.25, -0.2) is 0 Å². The maximum atomic E-state index is 12.0. The van der Waals surface area contributed by atoms with Crippen LogP contribution < -0.4 is 15.4 Å². The highest BCUT2D eigenvalue weighted by molar-refractivity contribution is 5.95. The van der Waals surface area contributed by atoms with E-state index in [2.05, 4.69) is 10.6 Å². The molecule has 1 aliphatic rings. The van der Waals surface area contributed by atoms with E-state index in [1.165, 1.54) is 0 Å². The van der Waals surface area contributed by atoms with Crippen LogP contribution in [0.5, 0.6) is 5.75 Å². The van der Waals surface area contributed by atoms with Crippen LogP contribution in [0.3, 0.4) is 0 Å². The van der Waals surface area contributed by atoms with Gasteiger partial charge in [-0.2, -0.15) is 0 Å². The number of ether oxygens (including phenoxy) is 1. The second-order valence-corrected chi connectivity index (χ2v) is 5.64. The minimum atomic E-state index is -0.445. The van der Waals surface area contributed by atoms with E-state index in [-0.39, 0.29) is 11.9 Å². The van der Waals surface area contributed by atoms with Crippen molar-refractivity contribution < 1.29 is 14.6 Å². The number of aliphatic hydroxyl groups excluding tert-OH is 1. The Bertz CT molecular complexity index is 643. The van der Waals surface area contributed by atoms with E-state index in [0.29, 0.717) is 25.3 Å². The van der Waals surface area contributed by atoms with E-state index in [9.17, 15) is 9.90 Å². The summed E-state index contributed by atoms with van der Waals surface area (Å²) < 4.78 is 5.71. The van der Waals surface area contributed by atoms with Crippen molar-refractivity contribution >= 4 is 11.6 Å². The van der Waals surface area contributed by atoms with E-state index < -0.39 is 6.10 Å². The lowest BCUT2D eigenvalue weighted by Crippen LogP contribution is -2.35. The molecule has 3 rings (SSSR count). The van der Waals surface area contributed by atoms with E-state index >= 15 is 0 Å². The third-order valence-electron chi connectivity index (χ3n) is 3.79. The van der Waals surface area contributed by atoms with Crippen LogP contribution in [0.15, 0.2) is 54.6 Å². The largest absolute Gasteiger partial charge is 0.489 e. The fourth-order valence-corrected chi connectivity index (χ4v) is 2.52. The first-order chi connectivity index (χ1) is 11.2. The SMILES string of the molecule is O=C(Nc1ccc(OCc2ccccc2)cc1)C1CC(O)CN1. The van der Waals surface area contributed by atoms with Crippen molar-refractivity contribution in [3.63, 3.8) is 0 Å². The van der Waals surface area contributed by atoms with Gasteiger partial charge in [0, 0.05) is 12.2 Å². The van der Waals surface area contributed by atoms with Gasteiger partial charge in [-0.3, -0.25) is 4.79 Å². The third kappa shape index (κ3) is 4.31. The van der Waals surface area contributed by atoms with Gasteiger partial charge in [0.05, 0.1) is 12.1 Å². The molecule has 0 aliphatic carbocycles. The first kappa shape index (κ1) is 15.5. The maximum Gasteiger partial charge on any atom is 0.241 e. The van der Waals surface area contributed by atoms with E-state index in [4.69, 9.17) is 4.74 Å². The summed E-state index contributed by atoms with van der Waals surface area (Å²) in [7, 11) is 0. The second-order valence-electron chi connectivity index (χ2n) is 5.64. The Morgan fingerprint density at radius 3 is 2.57 bits per heavy atom. The molecule has 1 fully saturated rings. The van der Waals surface area contributed by atoms with Crippen LogP contribution in [0.25, 0.3) is 0 Å². The molecule has 1 amide bonds. The lowest BCUT2D eigenvalue weighted by atomic mass is 10.2. The standard InChI is InChI=1S/C18H20N2O3/c21-15-10-17(19-11-15)18(22)20-14-6-8-16(9-7-14)23-12-13-4-2-1-3-5-13/h1-9,15,17,19,21H,10-12H2,(H,20,22). The maximum absolute atomic E-state index is 12.0. The molecule has 0 spiro atoms. The highest BCUT2D eigenvalue weighted by Crippen LogP contribution is 2.18. The Balaban J connectivity index is 1.51. The van der Waals surface area contributed by atoms with Crippen LogP contribution in [0, 0.1) is 0 Å². The summed E-state index contributed by atoms with van der Waals surface area (Å²) in [6.07, 6.45) is 0.00362. The quantitative estimate of drug-likeness (QED) is 0.789. The van der Waals surface area contributed by atoms with Crippen molar-refractivity contribution in [3.05, 3.63) is 60.2 Å². The van der Waals surface area contributed by atoms with E-state index in [1.54, 1.807) is 0 Å². The highest BCUT2D eigenvalue weighted by atomic mass is 16.5. The number of hydrogen-bond donors (Lipinski definition) is 3. The van der Waals surface area contributed by atoms with Crippen LogP contribution in [0.4, 0.5) is 5.69 Å². The van der Waals surface area contributed by atoms with Crippen molar-refractivity contribution in [1.82, 2.24) is 5.32 Å². The monoisotopic (exact) mass is 312 g/mol. The minimum absolute atomic E-state index is 0.125. The Kier molecular flexibility index (Phi) is 4.90. The molecule has 0 aromatic heterocycles. The van der Waals surface area contributed by atoms with Gasteiger partial charge in [-0.1, -0.05) is 30.3 Å². The van der Waals surface area contributed by atoms with Gasteiger partial charge >= 0.3 is 0 Å². The molecule has 23 heavy (non-hydrogen) atoms. The predicted molar refractivity (Wildman–Crippen MR) is 88.3 cm³/mol. The Morgan fingerprint density at radius 1 is 1.17 bits per heavy atom. The highest BCUT2D eigenvalue weighted by Gasteiger charge is 2.27. The number of β-amino-alcohol motifs (C(OH)–C–C–N with tert-alkyl or cyclic N) is 1. The molecule has 1 saturated heterocycles. The molecule has 0 bridgehead atoms. The molecule has 120 valence electrons. The van der Waals surface area contributed by atoms with Crippen LogP contribution in [0.1, 0.15) is 12.0 Å². The normalized spacial score (nSPS) is 20.2. The first-order valence-corrected chi connectivity index (χ1v) is 7.70. The summed E-state index contributed by atoms with van der Waals surface area (Å²) >= 11 is 0. The Morgan fingerprint density at radius 2 is 1.91 bits per heavy atom. The fraction of sp³-hybridized carbons (Fsp3) is 0.278. The smallest absolute Gasteiger partial charge is 0.241 e. The molecule has 2 aromatic rings. The van der Waals surface area contributed by atoms with Crippen molar-refractivity contribution in [3.8, 4) is 5.75 Å². The summed E-state index contributed by atoms with van der Waals surface area (Å²) in [4.78, 5) is 12.0. The molecule has 5 heteroatoms. The molecule has 2 unspecified atom stereocenters.